The van der Waals surface area contributed by atoms with Gasteiger partial charge in [-0.1, -0.05) is 52.3 Å². The summed E-state index contributed by atoms with van der Waals surface area (Å²) in [7, 11) is -2.35. The van der Waals surface area contributed by atoms with E-state index in [2.05, 4.69) is 5.32 Å². The molecule has 1 amide bonds. The van der Waals surface area contributed by atoms with Crippen molar-refractivity contribution >= 4 is 21.7 Å². The minimum Gasteiger partial charge on any atom is -0.497 e. The molecule has 0 unspecified atom stereocenters. The van der Waals surface area contributed by atoms with E-state index in [4.69, 9.17) is 9.84 Å². The monoisotopic (exact) mass is 498 g/mol. The Morgan fingerprint density at radius 1 is 1.09 bits per heavy atom. The van der Waals surface area contributed by atoms with E-state index in [0.717, 1.165) is 17.8 Å². The van der Waals surface area contributed by atoms with Gasteiger partial charge < -0.3 is 10.1 Å². The van der Waals surface area contributed by atoms with Crippen LogP contribution in [-0.4, -0.2) is 48.6 Å². The fourth-order valence-electron chi connectivity index (χ4n) is 3.46. The lowest BCUT2D eigenvalue weighted by Crippen LogP contribution is -2.38. The molecule has 0 fully saturated rings. The number of sulfonamides is 1. The summed E-state index contributed by atoms with van der Waals surface area (Å²) >= 11 is 0. The lowest BCUT2D eigenvalue weighted by atomic mass is 9.92. The molecule has 0 atom stereocenters. The molecule has 0 aliphatic carbocycles. The maximum atomic E-state index is 13.3. The molecule has 3 aromatic rings. The number of nitrogens with zero attached hydrogens (tertiary/aromatic N) is 3. The van der Waals surface area contributed by atoms with Crippen LogP contribution in [0.5, 0.6) is 5.75 Å². The van der Waals surface area contributed by atoms with Gasteiger partial charge in [0.2, 0.25) is 15.9 Å². The normalized spacial score (nSPS) is 12.1. The van der Waals surface area contributed by atoms with Crippen molar-refractivity contribution in [3.8, 4) is 11.4 Å². The van der Waals surface area contributed by atoms with Crippen LogP contribution in [0.3, 0.4) is 0 Å². The van der Waals surface area contributed by atoms with Crippen molar-refractivity contribution in [2.45, 2.75) is 50.8 Å². The smallest absolute Gasteiger partial charge is 0.243 e. The third kappa shape index (κ3) is 6.49. The maximum Gasteiger partial charge on any atom is 0.243 e. The van der Waals surface area contributed by atoms with Gasteiger partial charge in [0.05, 0.1) is 29.9 Å². The van der Waals surface area contributed by atoms with Crippen LogP contribution in [0, 0.1) is 0 Å². The van der Waals surface area contributed by atoms with Gasteiger partial charge in [0.25, 0.3) is 0 Å². The van der Waals surface area contributed by atoms with Crippen LogP contribution < -0.4 is 10.1 Å². The van der Waals surface area contributed by atoms with E-state index in [1.54, 1.807) is 16.8 Å². The van der Waals surface area contributed by atoms with Crippen molar-refractivity contribution in [2.24, 2.45) is 0 Å². The van der Waals surface area contributed by atoms with Crippen molar-refractivity contribution in [1.29, 1.82) is 0 Å². The van der Waals surface area contributed by atoms with Crippen LogP contribution in [0.25, 0.3) is 5.69 Å². The first kappa shape index (κ1) is 26.4. The van der Waals surface area contributed by atoms with Gasteiger partial charge in [-0.25, -0.2) is 13.1 Å². The molecule has 0 spiro atoms. The second-order valence-corrected chi connectivity index (χ2v) is 11.3. The lowest BCUT2D eigenvalue weighted by molar-refractivity contribution is -0.116. The highest BCUT2D eigenvalue weighted by Gasteiger charge is 2.27. The summed E-state index contributed by atoms with van der Waals surface area (Å²) in [6.07, 6.45) is 1.44. The highest BCUT2D eigenvalue weighted by molar-refractivity contribution is 7.89. The number of amides is 1. The fraction of sp³-hybridized carbons (Fsp3) is 0.385. The summed E-state index contributed by atoms with van der Waals surface area (Å²) in [4.78, 5) is 13.2. The van der Waals surface area contributed by atoms with Crippen molar-refractivity contribution in [3.05, 3.63) is 66.4 Å². The Morgan fingerprint density at radius 2 is 1.74 bits per heavy atom. The van der Waals surface area contributed by atoms with Crippen LogP contribution in [0.15, 0.2) is 65.6 Å². The summed E-state index contributed by atoms with van der Waals surface area (Å²) in [6.45, 7) is 8.05. The van der Waals surface area contributed by atoms with Crippen LogP contribution in [0.1, 0.15) is 46.2 Å². The Bertz CT molecular complexity index is 1230. The number of carbonyl (C=O) groups is 1. The summed E-state index contributed by atoms with van der Waals surface area (Å²) in [6, 6.07) is 17.5. The van der Waals surface area contributed by atoms with E-state index in [1.165, 1.54) is 23.5 Å². The van der Waals surface area contributed by atoms with E-state index in [9.17, 15) is 13.2 Å². The highest BCUT2D eigenvalue weighted by atomic mass is 32.2. The summed E-state index contributed by atoms with van der Waals surface area (Å²) in [5.41, 5.74) is 1.38. The first-order valence-electron chi connectivity index (χ1n) is 11.7. The molecule has 35 heavy (non-hydrogen) atoms. The summed E-state index contributed by atoms with van der Waals surface area (Å²) in [5, 5.41) is 7.59. The number of nitrogens with one attached hydrogen (secondary N) is 1. The molecular weight excluding hydrogens is 464 g/mol. The minimum atomic E-state index is -3.87. The van der Waals surface area contributed by atoms with Gasteiger partial charge in [0.1, 0.15) is 11.6 Å². The quantitative estimate of drug-likeness (QED) is 0.441. The molecule has 1 aromatic heterocycles. The molecule has 0 radical (unpaired) electrons. The number of anilines is 1. The number of hydrogen-bond acceptors (Lipinski definition) is 5. The predicted octanol–water partition coefficient (Wildman–Crippen LogP) is 4.61. The van der Waals surface area contributed by atoms with Crippen LogP contribution in [0.4, 0.5) is 5.82 Å². The Morgan fingerprint density at radius 3 is 2.31 bits per heavy atom. The summed E-state index contributed by atoms with van der Waals surface area (Å²) in [5.74, 6) is 0.616. The van der Waals surface area contributed by atoms with Gasteiger partial charge in [-0.3, -0.25) is 4.79 Å². The SMILES string of the molecule is CCCCN(CC(=O)Nc1cc(C(C)(C)C)nn1-c1ccccc1)S(=O)(=O)c1ccc(OC)cc1. The second kappa shape index (κ2) is 11.0. The highest BCUT2D eigenvalue weighted by Crippen LogP contribution is 2.26. The van der Waals surface area contributed by atoms with Crippen molar-refractivity contribution in [1.82, 2.24) is 14.1 Å². The molecule has 0 saturated carbocycles. The zero-order chi connectivity index (χ0) is 25.6. The van der Waals surface area contributed by atoms with Crippen molar-refractivity contribution in [2.75, 3.05) is 25.5 Å². The van der Waals surface area contributed by atoms with E-state index >= 15 is 0 Å². The lowest BCUT2D eigenvalue weighted by Gasteiger charge is -2.22. The third-order valence-electron chi connectivity index (χ3n) is 5.52. The van der Waals surface area contributed by atoms with E-state index in [-0.39, 0.29) is 23.4 Å². The zero-order valence-electron chi connectivity index (χ0n) is 21.0. The molecule has 188 valence electrons. The van der Waals surface area contributed by atoms with Crippen molar-refractivity contribution < 1.29 is 17.9 Å². The molecule has 3 rings (SSSR count). The Kier molecular flexibility index (Phi) is 8.34. The molecule has 0 saturated heterocycles. The Labute approximate surface area is 208 Å². The maximum absolute atomic E-state index is 13.3. The number of carbonyl (C=O) groups excluding carboxylic acids is 1. The van der Waals surface area contributed by atoms with E-state index in [1.807, 2.05) is 64.1 Å². The second-order valence-electron chi connectivity index (χ2n) is 9.33. The average molecular weight is 499 g/mol. The Hall–Kier alpha value is -3.17. The number of methoxy groups -OCH3 is 1. The first-order valence-corrected chi connectivity index (χ1v) is 13.1. The zero-order valence-corrected chi connectivity index (χ0v) is 21.8. The molecule has 8 nitrogen and oxygen atoms in total. The number of ether oxygens (including phenoxy) is 1. The van der Waals surface area contributed by atoms with E-state index < -0.39 is 15.9 Å². The Balaban J connectivity index is 1.88. The minimum absolute atomic E-state index is 0.117. The van der Waals surface area contributed by atoms with Crippen molar-refractivity contribution in [3.63, 3.8) is 0 Å². The number of benzene rings is 2. The van der Waals surface area contributed by atoms with Crippen LogP contribution in [0.2, 0.25) is 0 Å². The van der Waals surface area contributed by atoms with Crippen LogP contribution in [-0.2, 0) is 20.2 Å². The number of unbranched alkanes of at least 4 members (excludes halogenated alkanes) is 1. The molecule has 1 N–H and O–H groups in total. The fourth-order valence-corrected chi connectivity index (χ4v) is 4.90. The summed E-state index contributed by atoms with van der Waals surface area (Å²) < 4.78 is 34.7. The molecule has 1 heterocycles. The number of para-hydroxylation sites is 1. The molecule has 0 bridgehead atoms. The van der Waals surface area contributed by atoms with Gasteiger partial charge in [-0.05, 0) is 42.8 Å². The van der Waals surface area contributed by atoms with Gasteiger partial charge >= 0.3 is 0 Å². The standard InChI is InChI=1S/C26H34N4O4S/c1-6-7-17-29(35(32,33)22-15-13-21(34-5)14-16-22)19-25(31)27-24-18-23(26(2,3)4)28-30(24)20-11-9-8-10-12-20/h8-16,18H,6-7,17,19H2,1-5H3,(H,27,31). The largest absolute Gasteiger partial charge is 0.497 e. The molecule has 0 aliphatic rings. The van der Waals surface area contributed by atoms with E-state index in [0.29, 0.717) is 18.0 Å². The molecular formula is C26H34N4O4S. The first-order chi connectivity index (χ1) is 16.6. The van der Waals surface area contributed by atoms with Gasteiger partial charge in [0, 0.05) is 18.0 Å². The average Bonchev–Trinajstić information content (AvgIpc) is 3.26. The van der Waals surface area contributed by atoms with Crippen LogP contribution >= 0.6 is 0 Å². The number of aromatic nitrogens is 2. The number of rotatable bonds is 10. The van der Waals surface area contributed by atoms with Gasteiger partial charge in [-0.2, -0.15) is 9.40 Å². The number of hydrogen-bond donors (Lipinski definition) is 1. The topological polar surface area (TPSA) is 93.5 Å². The van der Waals surface area contributed by atoms with Gasteiger partial charge in [-0.15, -0.1) is 0 Å². The van der Waals surface area contributed by atoms with Gasteiger partial charge in [0.15, 0.2) is 0 Å². The predicted molar refractivity (Wildman–Crippen MR) is 138 cm³/mol. The molecule has 0 aliphatic heterocycles. The molecule has 2 aromatic carbocycles. The molecule has 9 heteroatoms. The third-order valence-corrected chi connectivity index (χ3v) is 7.38.